The van der Waals surface area contributed by atoms with Crippen LogP contribution in [0.5, 0.6) is 5.75 Å². The zero-order valence-electron chi connectivity index (χ0n) is 7.28. The molecule has 0 aliphatic carbocycles. The Hall–Kier alpha value is -1.28. The van der Waals surface area contributed by atoms with Crippen molar-refractivity contribution in [2.45, 2.75) is 0 Å². The molecule has 1 nitrogen and oxygen atoms in total. The third-order valence-corrected chi connectivity index (χ3v) is 2.48. The quantitative estimate of drug-likeness (QED) is 0.704. The van der Waals surface area contributed by atoms with Crippen molar-refractivity contribution in [2.75, 3.05) is 7.11 Å². The van der Waals surface area contributed by atoms with Crippen LogP contribution in [0.4, 0.5) is 0 Å². The minimum absolute atomic E-state index is 0.888. The number of ether oxygens (including phenoxy) is 1. The van der Waals surface area contributed by atoms with Gasteiger partial charge in [-0.25, -0.2) is 0 Å². The highest BCUT2D eigenvalue weighted by Crippen LogP contribution is 2.23. The molecule has 0 atom stereocenters. The molecule has 2 aromatic rings. The normalized spacial score (nSPS) is 9.92. The first-order chi connectivity index (χ1) is 6.40. The molecule has 0 amide bonds. The smallest absolute Gasteiger partial charge is 0.118 e. The summed E-state index contributed by atoms with van der Waals surface area (Å²) in [5, 5.41) is 5.22. The second-order valence-corrected chi connectivity index (χ2v) is 3.38. The van der Waals surface area contributed by atoms with Gasteiger partial charge in [-0.15, -0.1) is 11.3 Å². The van der Waals surface area contributed by atoms with Gasteiger partial charge in [-0.05, 0) is 29.1 Å². The van der Waals surface area contributed by atoms with Crippen molar-refractivity contribution < 1.29 is 4.74 Å². The fourth-order valence-electron chi connectivity index (χ4n) is 1.16. The summed E-state index contributed by atoms with van der Waals surface area (Å²) in [6.07, 6.45) is 0. The Balaban J connectivity index is 2.33. The van der Waals surface area contributed by atoms with Gasteiger partial charge >= 0.3 is 0 Å². The SMILES string of the molecule is COc1ccc(-c2[c]scc2)cc1. The number of methoxy groups -OCH3 is 1. The van der Waals surface area contributed by atoms with E-state index in [-0.39, 0.29) is 0 Å². The van der Waals surface area contributed by atoms with Crippen molar-refractivity contribution in [3.05, 3.63) is 41.1 Å². The molecule has 1 aromatic heterocycles. The molecule has 0 aliphatic rings. The van der Waals surface area contributed by atoms with Crippen molar-refractivity contribution in [2.24, 2.45) is 0 Å². The molecule has 0 unspecified atom stereocenters. The minimum atomic E-state index is 0.888. The maximum Gasteiger partial charge on any atom is 0.118 e. The number of benzene rings is 1. The number of rotatable bonds is 2. The maximum absolute atomic E-state index is 5.08. The molecule has 1 radical (unpaired) electrons. The molecule has 65 valence electrons. The van der Waals surface area contributed by atoms with Crippen LogP contribution in [-0.4, -0.2) is 7.11 Å². The molecule has 0 bridgehead atoms. The lowest BCUT2D eigenvalue weighted by Gasteiger charge is -2.00. The number of hydrogen-bond donors (Lipinski definition) is 0. The number of hydrogen-bond acceptors (Lipinski definition) is 2. The Kier molecular flexibility index (Phi) is 2.32. The standard InChI is InChI=1S/C11H9OS/c1-12-11-4-2-9(3-5-11)10-6-7-13-8-10/h2-7H,1H3. The first-order valence-corrected chi connectivity index (χ1v) is 4.88. The van der Waals surface area contributed by atoms with Crippen LogP contribution in [0.15, 0.2) is 35.7 Å². The van der Waals surface area contributed by atoms with E-state index in [2.05, 4.69) is 11.4 Å². The van der Waals surface area contributed by atoms with Crippen LogP contribution in [-0.2, 0) is 0 Å². The van der Waals surface area contributed by atoms with E-state index in [1.54, 1.807) is 18.4 Å². The van der Waals surface area contributed by atoms with Gasteiger partial charge in [0.15, 0.2) is 0 Å². The molecule has 0 saturated heterocycles. The van der Waals surface area contributed by atoms with Gasteiger partial charge in [0.2, 0.25) is 0 Å². The molecular weight excluding hydrogens is 180 g/mol. The van der Waals surface area contributed by atoms with Gasteiger partial charge in [0.1, 0.15) is 5.75 Å². The predicted molar refractivity (Wildman–Crippen MR) is 55.1 cm³/mol. The van der Waals surface area contributed by atoms with Crippen molar-refractivity contribution in [1.29, 1.82) is 0 Å². The average molecular weight is 189 g/mol. The summed E-state index contributed by atoms with van der Waals surface area (Å²) in [5.41, 5.74) is 2.33. The van der Waals surface area contributed by atoms with Crippen LogP contribution < -0.4 is 4.74 Å². The molecular formula is C11H9OS. The lowest BCUT2D eigenvalue weighted by Crippen LogP contribution is -1.81. The highest BCUT2D eigenvalue weighted by molar-refractivity contribution is 7.07. The second-order valence-electron chi connectivity index (χ2n) is 2.66. The van der Waals surface area contributed by atoms with Crippen molar-refractivity contribution in [3.63, 3.8) is 0 Å². The van der Waals surface area contributed by atoms with Crippen LogP contribution in [0.3, 0.4) is 0 Å². The van der Waals surface area contributed by atoms with E-state index in [1.807, 2.05) is 29.6 Å². The summed E-state index contributed by atoms with van der Waals surface area (Å²) in [4.78, 5) is 0. The summed E-state index contributed by atoms with van der Waals surface area (Å²) in [7, 11) is 1.67. The van der Waals surface area contributed by atoms with Gasteiger partial charge in [0.05, 0.1) is 12.5 Å². The lowest BCUT2D eigenvalue weighted by atomic mass is 10.1. The van der Waals surface area contributed by atoms with E-state index in [9.17, 15) is 0 Å². The summed E-state index contributed by atoms with van der Waals surface area (Å²) in [5.74, 6) is 0.888. The van der Waals surface area contributed by atoms with Gasteiger partial charge in [0.25, 0.3) is 0 Å². The molecule has 13 heavy (non-hydrogen) atoms. The van der Waals surface area contributed by atoms with E-state index < -0.39 is 0 Å². The Labute approximate surface area is 81.6 Å². The summed E-state index contributed by atoms with van der Waals surface area (Å²) in [6.45, 7) is 0. The monoisotopic (exact) mass is 189 g/mol. The van der Waals surface area contributed by atoms with Crippen LogP contribution in [0, 0.1) is 5.38 Å². The van der Waals surface area contributed by atoms with Crippen molar-refractivity contribution in [3.8, 4) is 16.9 Å². The molecule has 2 rings (SSSR count). The van der Waals surface area contributed by atoms with Gasteiger partial charge in [0, 0.05) is 5.56 Å². The largest absolute Gasteiger partial charge is 0.497 e. The number of thiophene rings is 1. The Morgan fingerprint density at radius 1 is 1.15 bits per heavy atom. The maximum atomic E-state index is 5.08. The van der Waals surface area contributed by atoms with E-state index >= 15 is 0 Å². The highest BCUT2D eigenvalue weighted by Gasteiger charge is 1.97. The summed E-state index contributed by atoms with van der Waals surface area (Å²) in [6, 6.07) is 10.1. The zero-order chi connectivity index (χ0) is 9.10. The van der Waals surface area contributed by atoms with Crippen LogP contribution >= 0.6 is 11.3 Å². The average Bonchev–Trinajstić information content (AvgIpc) is 2.71. The topological polar surface area (TPSA) is 9.23 Å². The molecule has 2 heteroatoms. The van der Waals surface area contributed by atoms with E-state index in [0.717, 1.165) is 11.3 Å². The molecule has 1 heterocycles. The van der Waals surface area contributed by atoms with E-state index in [1.165, 1.54) is 5.56 Å². The Morgan fingerprint density at radius 2 is 1.92 bits per heavy atom. The highest BCUT2D eigenvalue weighted by atomic mass is 32.1. The fraction of sp³-hybridized carbons (Fsp3) is 0.0909. The lowest BCUT2D eigenvalue weighted by molar-refractivity contribution is 0.415. The van der Waals surface area contributed by atoms with Crippen molar-refractivity contribution in [1.82, 2.24) is 0 Å². The third-order valence-electron chi connectivity index (χ3n) is 1.87. The predicted octanol–water partition coefficient (Wildman–Crippen LogP) is 3.22. The molecule has 0 aliphatic heterocycles. The Bertz CT molecular complexity index is 361. The van der Waals surface area contributed by atoms with E-state index in [0.29, 0.717) is 0 Å². The molecule has 0 saturated carbocycles. The first-order valence-electron chi connectivity index (χ1n) is 4.00. The van der Waals surface area contributed by atoms with Gasteiger partial charge in [-0.2, -0.15) is 0 Å². The fourth-order valence-corrected chi connectivity index (χ4v) is 1.74. The molecule has 0 N–H and O–H groups in total. The summed E-state index contributed by atoms with van der Waals surface area (Å²) >= 11 is 1.59. The summed E-state index contributed by atoms with van der Waals surface area (Å²) < 4.78 is 5.08. The Morgan fingerprint density at radius 3 is 2.46 bits per heavy atom. The zero-order valence-corrected chi connectivity index (χ0v) is 8.10. The van der Waals surface area contributed by atoms with Crippen molar-refractivity contribution >= 4 is 11.3 Å². The molecule has 1 aromatic carbocycles. The molecule has 0 spiro atoms. The third kappa shape index (κ3) is 1.73. The van der Waals surface area contributed by atoms with Crippen LogP contribution in [0.2, 0.25) is 0 Å². The molecule has 0 fully saturated rings. The first kappa shape index (κ1) is 8.32. The van der Waals surface area contributed by atoms with Crippen LogP contribution in [0.25, 0.3) is 11.1 Å². The van der Waals surface area contributed by atoms with Gasteiger partial charge < -0.3 is 4.74 Å². The van der Waals surface area contributed by atoms with Gasteiger partial charge in [-0.3, -0.25) is 0 Å². The van der Waals surface area contributed by atoms with Gasteiger partial charge in [-0.1, -0.05) is 12.1 Å². The second kappa shape index (κ2) is 3.62. The van der Waals surface area contributed by atoms with E-state index in [4.69, 9.17) is 4.74 Å². The minimum Gasteiger partial charge on any atom is -0.497 e. The van der Waals surface area contributed by atoms with Crippen LogP contribution in [0.1, 0.15) is 0 Å².